The zero-order valence-electron chi connectivity index (χ0n) is 8.51. The van der Waals surface area contributed by atoms with Crippen LogP contribution < -0.4 is 11.5 Å². The summed E-state index contributed by atoms with van der Waals surface area (Å²) in [4.78, 5) is 0. The van der Waals surface area contributed by atoms with E-state index in [2.05, 4.69) is 20.8 Å². The number of rotatable bonds is 1. The Morgan fingerprint density at radius 1 is 1.33 bits per heavy atom. The molecule has 72 valence electrons. The number of nitrogens with two attached hydrogens (primary N) is 2. The fraction of sp³-hybridized carbons (Fsp3) is 1.00. The van der Waals surface area contributed by atoms with Crippen LogP contribution in [0.25, 0.3) is 0 Å². The molecule has 3 atom stereocenters. The molecule has 1 aliphatic rings. The quantitative estimate of drug-likeness (QED) is 0.624. The lowest BCUT2D eigenvalue weighted by molar-refractivity contribution is 0.110. The van der Waals surface area contributed by atoms with Crippen molar-refractivity contribution in [3.63, 3.8) is 0 Å². The lowest BCUT2D eigenvalue weighted by atomic mass is 9.65. The van der Waals surface area contributed by atoms with Gasteiger partial charge in [-0.15, -0.1) is 0 Å². The molecular formula is C10H22N2. The van der Waals surface area contributed by atoms with E-state index in [1.165, 1.54) is 6.42 Å². The Hall–Kier alpha value is -0.0800. The van der Waals surface area contributed by atoms with Gasteiger partial charge in [0.2, 0.25) is 0 Å². The molecule has 1 aliphatic carbocycles. The largest absolute Gasteiger partial charge is 0.330 e. The summed E-state index contributed by atoms with van der Waals surface area (Å²) in [7, 11) is 0. The van der Waals surface area contributed by atoms with Gasteiger partial charge in [-0.2, -0.15) is 0 Å². The first-order valence-electron chi connectivity index (χ1n) is 4.92. The van der Waals surface area contributed by atoms with Crippen LogP contribution in [-0.2, 0) is 0 Å². The molecule has 1 saturated carbocycles. The molecule has 0 aromatic heterocycles. The second-order valence-electron chi connectivity index (χ2n) is 5.11. The molecule has 1 rings (SSSR count). The number of hydrogen-bond acceptors (Lipinski definition) is 2. The van der Waals surface area contributed by atoms with Crippen LogP contribution in [0.5, 0.6) is 0 Å². The molecule has 0 heterocycles. The molecule has 2 heteroatoms. The van der Waals surface area contributed by atoms with Crippen molar-refractivity contribution in [2.75, 3.05) is 6.54 Å². The van der Waals surface area contributed by atoms with E-state index in [4.69, 9.17) is 11.5 Å². The summed E-state index contributed by atoms with van der Waals surface area (Å²) in [6.45, 7) is 7.63. The maximum Gasteiger partial charge on any atom is 0.00868 e. The maximum atomic E-state index is 6.08. The highest BCUT2D eigenvalue weighted by atomic mass is 14.7. The van der Waals surface area contributed by atoms with Crippen LogP contribution in [-0.4, -0.2) is 12.6 Å². The summed E-state index contributed by atoms with van der Waals surface area (Å²) in [5.41, 5.74) is 12.2. The van der Waals surface area contributed by atoms with Crippen molar-refractivity contribution in [1.82, 2.24) is 0 Å². The van der Waals surface area contributed by atoms with E-state index in [9.17, 15) is 0 Å². The van der Waals surface area contributed by atoms with Gasteiger partial charge in [0.1, 0.15) is 0 Å². The van der Waals surface area contributed by atoms with Gasteiger partial charge in [0.05, 0.1) is 0 Å². The van der Waals surface area contributed by atoms with E-state index in [-0.39, 0.29) is 0 Å². The van der Waals surface area contributed by atoms with Crippen molar-refractivity contribution in [2.24, 2.45) is 28.7 Å². The summed E-state index contributed by atoms with van der Waals surface area (Å²) in [5.74, 6) is 1.23. The highest BCUT2D eigenvalue weighted by Crippen LogP contribution is 2.40. The van der Waals surface area contributed by atoms with Crippen LogP contribution in [0.15, 0.2) is 0 Å². The zero-order valence-corrected chi connectivity index (χ0v) is 8.51. The first-order valence-corrected chi connectivity index (χ1v) is 4.92. The average Bonchev–Trinajstić information content (AvgIpc) is 1.82. The van der Waals surface area contributed by atoms with E-state index >= 15 is 0 Å². The van der Waals surface area contributed by atoms with Gasteiger partial charge in [0.25, 0.3) is 0 Å². The van der Waals surface area contributed by atoms with Gasteiger partial charge >= 0.3 is 0 Å². The second-order valence-corrected chi connectivity index (χ2v) is 5.11. The SMILES string of the molecule is CC1CC(C)(C)CC(N)C1CN. The first kappa shape index (κ1) is 10.0. The lowest BCUT2D eigenvalue weighted by Gasteiger charge is -2.43. The van der Waals surface area contributed by atoms with Crippen molar-refractivity contribution in [2.45, 2.75) is 39.7 Å². The molecule has 2 nitrogen and oxygen atoms in total. The Morgan fingerprint density at radius 3 is 2.33 bits per heavy atom. The minimum Gasteiger partial charge on any atom is -0.330 e. The third-order valence-electron chi connectivity index (χ3n) is 3.22. The highest BCUT2D eigenvalue weighted by Gasteiger charge is 2.36. The molecule has 0 amide bonds. The Morgan fingerprint density at radius 2 is 1.92 bits per heavy atom. The highest BCUT2D eigenvalue weighted by molar-refractivity contribution is 4.91. The summed E-state index contributed by atoms with van der Waals surface area (Å²) < 4.78 is 0. The standard InChI is InChI=1S/C10H22N2/c1-7-4-10(2,3)5-9(12)8(7)6-11/h7-9H,4-6,11-12H2,1-3H3. The van der Waals surface area contributed by atoms with Crippen LogP contribution >= 0.6 is 0 Å². The number of hydrogen-bond donors (Lipinski definition) is 2. The topological polar surface area (TPSA) is 52.0 Å². The van der Waals surface area contributed by atoms with Gasteiger partial charge < -0.3 is 11.5 Å². The normalized spacial score (nSPS) is 41.2. The summed E-state index contributed by atoms with van der Waals surface area (Å²) in [6.07, 6.45) is 2.39. The minimum absolute atomic E-state index is 0.314. The van der Waals surface area contributed by atoms with Crippen LogP contribution in [0.4, 0.5) is 0 Å². The summed E-state index contributed by atoms with van der Waals surface area (Å²) in [5, 5.41) is 0. The molecule has 4 N–H and O–H groups in total. The maximum absolute atomic E-state index is 6.08. The van der Waals surface area contributed by atoms with Gasteiger partial charge in [-0.25, -0.2) is 0 Å². The Labute approximate surface area is 75.7 Å². The molecule has 0 bridgehead atoms. The fourth-order valence-corrected chi connectivity index (χ4v) is 2.72. The summed E-state index contributed by atoms with van der Waals surface area (Å²) >= 11 is 0. The molecule has 0 aromatic rings. The van der Waals surface area contributed by atoms with E-state index in [1.54, 1.807) is 0 Å². The van der Waals surface area contributed by atoms with Crippen molar-refractivity contribution < 1.29 is 0 Å². The smallest absolute Gasteiger partial charge is 0.00868 e. The molecule has 0 aromatic carbocycles. The molecule has 1 fully saturated rings. The first-order chi connectivity index (χ1) is 5.46. The average molecular weight is 170 g/mol. The minimum atomic E-state index is 0.314. The Balaban J connectivity index is 2.63. The second kappa shape index (κ2) is 3.35. The van der Waals surface area contributed by atoms with Crippen molar-refractivity contribution in [1.29, 1.82) is 0 Å². The molecule has 3 unspecified atom stereocenters. The van der Waals surface area contributed by atoms with Crippen LogP contribution in [0.2, 0.25) is 0 Å². The van der Waals surface area contributed by atoms with Crippen molar-refractivity contribution in [3.05, 3.63) is 0 Å². The lowest BCUT2D eigenvalue weighted by Crippen LogP contribution is -2.47. The third-order valence-corrected chi connectivity index (χ3v) is 3.22. The molecule has 12 heavy (non-hydrogen) atoms. The van der Waals surface area contributed by atoms with E-state index < -0.39 is 0 Å². The predicted molar refractivity (Wildman–Crippen MR) is 52.7 cm³/mol. The van der Waals surface area contributed by atoms with Crippen molar-refractivity contribution in [3.8, 4) is 0 Å². The van der Waals surface area contributed by atoms with Gasteiger partial charge in [-0.1, -0.05) is 20.8 Å². The van der Waals surface area contributed by atoms with E-state index in [1.807, 2.05) is 0 Å². The predicted octanol–water partition coefficient (Wildman–Crippen LogP) is 1.34. The van der Waals surface area contributed by atoms with Crippen LogP contribution in [0.1, 0.15) is 33.6 Å². The van der Waals surface area contributed by atoms with Gasteiger partial charge in [0, 0.05) is 6.04 Å². The van der Waals surface area contributed by atoms with Crippen LogP contribution in [0, 0.1) is 17.3 Å². The van der Waals surface area contributed by atoms with Gasteiger partial charge in [-0.05, 0) is 36.6 Å². The van der Waals surface area contributed by atoms with E-state index in [0.717, 1.165) is 13.0 Å². The Bertz CT molecular complexity index is 140. The van der Waals surface area contributed by atoms with Crippen LogP contribution in [0.3, 0.4) is 0 Å². The van der Waals surface area contributed by atoms with E-state index in [0.29, 0.717) is 23.3 Å². The molecule has 0 aliphatic heterocycles. The molecule has 0 radical (unpaired) electrons. The van der Waals surface area contributed by atoms with Crippen molar-refractivity contribution >= 4 is 0 Å². The van der Waals surface area contributed by atoms with Gasteiger partial charge in [0.15, 0.2) is 0 Å². The van der Waals surface area contributed by atoms with Gasteiger partial charge in [-0.3, -0.25) is 0 Å². The molecule has 0 saturated heterocycles. The third kappa shape index (κ3) is 1.99. The summed E-state index contributed by atoms with van der Waals surface area (Å²) in [6, 6.07) is 0.314. The Kier molecular flexibility index (Phi) is 2.79. The molecular weight excluding hydrogens is 148 g/mol. The molecule has 0 spiro atoms. The fourth-order valence-electron chi connectivity index (χ4n) is 2.72. The monoisotopic (exact) mass is 170 g/mol. The zero-order chi connectivity index (χ0) is 9.35.